The van der Waals surface area contributed by atoms with Crippen molar-refractivity contribution in [3.63, 3.8) is 0 Å². The third-order valence-electron chi connectivity index (χ3n) is 3.82. The van der Waals surface area contributed by atoms with Crippen LogP contribution >= 0.6 is 11.3 Å². The number of rotatable bonds is 5. The number of aryl methyl sites for hydroxylation is 1. The molecule has 2 heterocycles. The first-order valence-corrected chi connectivity index (χ1v) is 8.25. The fraction of sp³-hybridized carbons (Fsp3) is 0.412. The lowest BCUT2D eigenvalue weighted by Gasteiger charge is -2.21. The number of thiophene rings is 1. The fourth-order valence-corrected chi connectivity index (χ4v) is 3.70. The summed E-state index contributed by atoms with van der Waals surface area (Å²) < 4.78 is 0. The van der Waals surface area contributed by atoms with Crippen LogP contribution < -0.4 is 5.32 Å². The maximum atomic E-state index is 12.6. The number of hydrogen-bond acceptors (Lipinski definition) is 3. The molecule has 0 radical (unpaired) electrons. The van der Waals surface area contributed by atoms with Gasteiger partial charge in [0.2, 0.25) is 0 Å². The van der Waals surface area contributed by atoms with Crippen LogP contribution in [0, 0.1) is 19.8 Å². The molecule has 1 atom stereocenters. The number of carbonyl (C=O) groups excluding carboxylic acids is 2. The molecule has 0 saturated heterocycles. The van der Waals surface area contributed by atoms with Crippen LogP contribution in [0.15, 0.2) is 17.5 Å². The van der Waals surface area contributed by atoms with Crippen LogP contribution in [-0.2, 0) is 0 Å². The highest BCUT2D eigenvalue weighted by Crippen LogP contribution is 2.27. The molecule has 5 heteroatoms. The van der Waals surface area contributed by atoms with Crippen LogP contribution in [-0.4, -0.2) is 16.7 Å². The summed E-state index contributed by atoms with van der Waals surface area (Å²) in [5, 5.41) is 5.09. The van der Waals surface area contributed by atoms with Crippen LogP contribution in [0.5, 0.6) is 0 Å². The van der Waals surface area contributed by atoms with E-state index in [0.29, 0.717) is 11.3 Å². The maximum Gasteiger partial charge on any atom is 0.268 e. The van der Waals surface area contributed by atoms with Gasteiger partial charge in [0.25, 0.3) is 5.91 Å². The third-order valence-corrected chi connectivity index (χ3v) is 4.77. The van der Waals surface area contributed by atoms with Gasteiger partial charge in [-0.05, 0) is 43.7 Å². The van der Waals surface area contributed by atoms with Gasteiger partial charge in [-0.25, -0.2) is 0 Å². The summed E-state index contributed by atoms with van der Waals surface area (Å²) in [6, 6.07) is 3.99. The molecule has 4 nitrogen and oxygen atoms in total. The number of amides is 1. The monoisotopic (exact) mass is 318 g/mol. The molecule has 22 heavy (non-hydrogen) atoms. The summed E-state index contributed by atoms with van der Waals surface area (Å²) in [6.45, 7) is 9.31. The van der Waals surface area contributed by atoms with E-state index in [1.54, 1.807) is 11.3 Å². The van der Waals surface area contributed by atoms with Crippen molar-refractivity contribution in [3.05, 3.63) is 44.9 Å². The van der Waals surface area contributed by atoms with Gasteiger partial charge in [0.1, 0.15) is 5.69 Å². The summed E-state index contributed by atoms with van der Waals surface area (Å²) >= 11 is 1.63. The number of carbonyl (C=O) groups is 2. The Bertz CT molecular complexity index is 684. The van der Waals surface area contributed by atoms with Gasteiger partial charge in [-0.1, -0.05) is 19.9 Å². The second kappa shape index (κ2) is 6.48. The molecule has 0 aromatic carbocycles. The van der Waals surface area contributed by atoms with Crippen molar-refractivity contribution in [3.8, 4) is 0 Å². The van der Waals surface area contributed by atoms with E-state index in [2.05, 4.69) is 24.1 Å². The first-order chi connectivity index (χ1) is 10.3. The molecule has 0 bridgehead atoms. The maximum absolute atomic E-state index is 12.6. The smallest absolute Gasteiger partial charge is 0.268 e. The minimum atomic E-state index is -0.166. The van der Waals surface area contributed by atoms with E-state index >= 15 is 0 Å². The minimum Gasteiger partial charge on any atom is -0.354 e. The largest absolute Gasteiger partial charge is 0.354 e. The molecule has 118 valence electrons. The molecule has 0 unspecified atom stereocenters. The van der Waals surface area contributed by atoms with Gasteiger partial charge in [-0.2, -0.15) is 0 Å². The predicted octanol–water partition coefficient (Wildman–Crippen LogP) is 4.02. The first-order valence-electron chi connectivity index (χ1n) is 7.37. The number of hydrogen-bond donors (Lipinski definition) is 2. The number of aromatic amines is 1. The van der Waals surface area contributed by atoms with Crippen molar-refractivity contribution in [2.24, 2.45) is 5.92 Å². The molecule has 2 aromatic heterocycles. The van der Waals surface area contributed by atoms with Crippen molar-refractivity contribution in [1.29, 1.82) is 0 Å². The Kier molecular flexibility index (Phi) is 4.86. The normalized spacial score (nSPS) is 12.5. The molecule has 2 aromatic rings. The van der Waals surface area contributed by atoms with Gasteiger partial charge in [0.05, 0.1) is 6.04 Å². The Labute approximate surface area is 134 Å². The lowest BCUT2D eigenvalue weighted by Crippen LogP contribution is -2.31. The number of H-pyrrole nitrogens is 1. The van der Waals surface area contributed by atoms with Crippen LogP contribution in [0.25, 0.3) is 0 Å². The van der Waals surface area contributed by atoms with Gasteiger partial charge in [-0.3, -0.25) is 9.59 Å². The number of aromatic nitrogens is 1. The molecule has 1 amide bonds. The molecular weight excluding hydrogens is 296 g/mol. The van der Waals surface area contributed by atoms with E-state index in [-0.39, 0.29) is 23.7 Å². The Balaban J connectivity index is 2.29. The van der Waals surface area contributed by atoms with E-state index in [0.717, 1.165) is 16.1 Å². The Morgan fingerprint density at radius 1 is 1.27 bits per heavy atom. The lowest BCUT2D eigenvalue weighted by atomic mass is 10.0. The van der Waals surface area contributed by atoms with E-state index in [1.165, 1.54) is 6.92 Å². The average Bonchev–Trinajstić information content (AvgIpc) is 3.03. The van der Waals surface area contributed by atoms with E-state index in [4.69, 9.17) is 0 Å². The molecule has 2 rings (SSSR count). The van der Waals surface area contributed by atoms with Gasteiger partial charge in [0.15, 0.2) is 5.78 Å². The van der Waals surface area contributed by atoms with Crippen LogP contribution in [0.1, 0.15) is 63.8 Å². The minimum absolute atomic E-state index is 0.0241. The molecule has 0 aliphatic heterocycles. The van der Waals surface area contributed by atoms with Crippen LogP contribution in [0.4, 0.5) is 0 Å². The molecule has 0 saturated carbocycles. The third kappa shape index (κ3) is 3.14. The topological polar surface area (TPSA) is 62.0 Å². The number of ketones is 1. The Hall–Kier alpha value is -1.88. The summed E-state index contributed by atoms with van der Waals surface area (Å²) in [5.41, 5.74) is 2.55. The standard InChI is InChI=1S/C17H22N2O2S/c1-9(2)15(13-7-6-8-22-13)19-17(21)16-10(3)14(12(5)20)11(4)18-16/h6-9,15,18H,1-5H3,(H,19,21)/t15-/m0/s1. The summed E-state index contributed by atoms with van der Waals surface area (Å²) in [6.07, 6.45) is 0. The van der Waals surface area contributed by atoms with E-state index in [9.17, 15) is 9.59 Å². The fourth-order valence-electron chi connectivity index (χ4n) is 2.75. The van der Waals surface area contributed by atoms with Crippen LogP contribution in [0.2, 0.25) is 0 Å². The molecule has 2 N–H and O–H groups in total. The predicted molar refractivity (Wildman–Crippen MR) is 89.6 cm³/mol. The second-order valence-corrected chi connectivity index (χ2v) is 6.87. The summed E-state index contributed by atoms with van der Waals surface area (Å²) in [4.78, 5) is 28.5. The summed E-state index contributed by atoms with van der Waals surface area (Å²) in [7, 11) is 0. The molecule has 0 spiro atoms. The van der Waals surface area contributed by atoms with Crippen molar-refractivity contribution < 1.29 is 9.59 Å². The highest BCUT2D eigenvalue weighted by molar-refractivity contribution is 7.10. The second-order valence-electron chi connectivity index (χ2n) is 5.89. The van der Waals surface area contributed by atoms with Crippen molar-refractivity contribution in [2.75, 3.05) is 0 Å². The number of nitrogens with one attached hydrogen (secondary N) is 2. The highest BCUT2D eigenvalue weighted by Gasteiger charge is 2.24. The van der Waals surface area contributed by atoms with Gasteiger partial charge < -0.3 is 10.3 Å². The highest BCUT2D eigenvalue weighted by atomic mass is 32.1. The van der Waals surface area contributed by atoms with Gasteiger partial charge in [-0.15, -0.1) is 11.3 Å². The van der Waals surface area contributed by atoms with Crippen LogP contribution in [0.3, 0.4) is 0 Å². The van der Waals surface area contributed by atoms with Gasteiger partial charge in [0, 0.05) is 16.1 Å². The van der Waals surface area contributed by atoms with Crippen molar-refractivity contribution in [1.82, 2.24) is 10.3 Å². The quantitative estimate of drug-likeness (QED) is 0.818. The zero-order chi connectivity index (χ0) is 16.4. The van der Waals surface area contributed by atoms with Crippen molar-refractivity contribution >= 4 is 23.0 Å². The van der Waals surface area contributed by atoms with E-state index in [1.807, 2.05) is 31.4 Å². The zero-order valence-electron chi connectivity index (χ0n) is 13.6. The molecule has 0 aliphatic rings. The van der Waals surface area contributed by atoms with E-state index < -0.39 is 0 Å². The Morgan fingerprint density at radius 2 is 1.95 bits per heavy atom. The lowest BCUT2D eigenvalue weighted by molar-refractivity contribution is 0.0921. The SMILES string of the molecule is CC(=O)c1c(C)[nH]c(C(=O)N[C@H](c2cccs2)C(C)C)c1C. The first kappa shape index (κ1) is 16.5. The van der Waals surface area contributed by atoms with Gasteiger partial charge >= 0.3 is 0 Å². The molecular formula is C17H22N2O2S. The van der Waals surface area contributed by atoms with Crippen molar-refractivity contribution in [2.45, 2.75) is 40.7 Å². The average molecular weight is 318 g/mol. The zero-order valence-corrected chi connectivity index (χ0v) is 14.4. The Morgan fingerprint density at radius 3 is 2.41 bits per heavy atom. The molecule has 0 aliphatic carbocycles. The number of Topliss-reactive ketones (excluding diaryl/α,β-unsaturated/α-hetero) is 1. The molecule has 0 fully saturated rings. The summed E-state index contributed by atoms with van der Waals surface area (Å²) in [5.74, 6) is 0.0930.